The van der Waals surface area contributed by atoms with Gasteiger partial charge in [0.1, 0.15) is 5.52 Å². The fourth-order valence-electron chi connectivity index (χ4n) is 3.26. The summed E-state index contributed by atoms with van der Waals surface area (Å²) in [6.45, 7) is 5.30. The topological polar surface area (TPSA) is 70.3 Å². The van der Waals surface area contributed by atoms with Gasteiger partial charge in [-0.2, -0.15) is 0 Å². The number of rotatable bonds is 8. The van der Waals surface area contributed by atoms with Crippen molar-refractivity contribution in [3.63, 3.8) is 0 Å². The standard InChI is InChI=1S/C25H27N3O2/c1-17(2)18-7-11-20(12-8-18)26-15-22(29)16-27-21-13-9-19(10-14-21)25-28-23-5-3-4-6-24(23)30-25/h3-14,17,22,26-27,29H,15-16H2,1-2H3. The Bertz CT molecular complexity index is 1050. The minimum absolute atomic E-state index is 0.458. The zero-order chi connectivity index (χ0) is 20.9. The molecule has 3 N–H and O–H groups in total. The molecule has 3 aromatic carbocycles. The molecule has 1 aromatic heterocycles. The molecular formula is C25H27N3O2. The molecule has 0 bridgehead atoms. The van der Waals surface area contributed by atoms with Crippen LogP contribution in [0.2, 0.25) is 0 Å². The number of oxazole rings is 1. The van der Waals surface area contributed by atoms with Crippen molar-refractivity contribution < 1.29 is 9.52 Å². The SMILES string of the molecule is CC(C)c1ccc(NCC(O)CNc2ccc(-c3nc4ccccc4o3)cc2)cc1. The zero-order valence-electron chi connectivity index (χ0n) is 17.3. The van der Waals surface area contributed by atoms with E-state index in [-0.39, 0.29) is 0 Å². The first-order valence-electron chi connectivity index (χ1n) is 10.3. The maximum absolute atomic E-state index is 10.3. The van der Waals surface area contributed by atoms with Crippen LogP contribution in [0.1, 0.15) is 25.3 Å². The molecule has 0 radical (unpaired) electrons. The van der Waals surface area contributed by atoms with E-state index >= 15 is 0 Å². The lowest BCUT2D eigenvalue weighted by molar-refractivity contribution is 0.201. The quantitative estimate of drug-likeness (QED) is 0.363. The van der Waals surface area contributed by atoms with E-state index in [1.54, 1.807) is 0 Å². The van der Waals surface area contributed by atoms with E-state index in [1.807, 2.05) is 48.5 Å². The summed E-state index contributed by atoms with van der Waals surface area (Å²) >= 11 is 0. The van der Waals surface area contributed by atoms with Crippen LogP contribution >= 0.6 is 0 Å². The van der Waals surface area contributed by atoms with Gasteiger partial charge in [-0.1, -0.05) is 38.1 Å². The van der Waals surface area contributed by atoms with E-state index in [0.717, 1.165) is 28.0 Å². The lowest BCUT2D eigenvalue weighted by Crippen LogP contribution is -2.27. The van der Waals surface area contributed by atoms with Crippen molar-refractivity contribution in [1.29, 1.82) is 0 Å². The summed E-state index contributed by atoms with van der Waals surface area (Å²) in [4.78, 5) is 4.52. The fraction of sp³-hybridized carbons (Fsp3) is 0.240. The predicted octanol–water partition coefficient (Wildman–Crippen LogP) is 5.50. The van der Waals surface area contributed by atoms with E-state index < -0.39 is 6.10 Å². The van der Waals surface area contributed by atoms with Crippen LogP contribution in [0.5, 0.6) is 0 Å². The Balaban J connectivity index is 1.28. The van der Waals surface area contributed by atoms with Crippen molar-refractivity contribution in [3.8, 4) is 11.5 Å². The van der Waals surface area contributed by atoms with Gasteiger partial charge < -0.3 is 20.2 Å². The fourth-order valence-corrected chi connectivity index (χ4v) is 3.26. The lowest BCUT2D eigenvalue weighted by atomic mass is 10.0. The van der Waals surface area contributed by atoms with Crippen LogP contribution < -0.4 is 10.6 Å². The van der Waals surface area contributed by atoms with E-state index in [2.05, 4.69) is 53.7 Å². The summed E-state index contributed by atoms with van der Waals surface area (Å²) in [5, 5.41) is 16.8. The third-order valence-electron chi connectivity index (χ3n) is 5.09. The molecule has 1 unspecified atom stereocenters. The van der Waals surface area contributed by atoms with Gasteiger partial charge in [0, 0.05) is 30.0 Å². The van der Waals surface area contributed by atoms with Crippen molar-refractivity contribution in [2.45, 2.75) is 25.9 Å². The number of aliphatic hydroxyl groups excluding tert-OH is 1. The van der Waals surface area contributed by atoms with E-state index in [4.69, 9.17) is 4.42 Å². The van der Waals surface area contributed by atoms with Gasteiger partial charge in [-0.15, -0.1) is 0 Å². The number of aliphatic hydroxyl groups is 1. The zero-order valence-corrected chi connectivity index (χ0v) is 17.3. The molecule has 0 fully saturated rings. The largest absolute Gasteiger partial charge is 0.436 e. The Hall–Kier alpha value is -3.31. The Morgan fingerprint density at radius 1 is 0.833 bits per heavy atom. The molecular weight excluding hydrogens is 374 g/mol. The van der Waals surface area contributed by atoms with Crippen molar-refractivity contribution in [1.82, 2.24) is 4.98 Å². The normalized spacial score (nSPS) is 12.3. The molecule has 1 heterocycles. The van der Waals surface area contributed by atoms with E-state index in [9.17, 15) is 5.11 Å². The average Bonchev–Trinajstić information content (AvgIpc) is 3.21. The molecule has 4 rings (SSSR count). The molecule has 0 aliphatic heterocycles. The van der Waals surface area contributed by atoms with Crippen LogP contribution in [0, 0.1) is 0 Å². The van der Waals surface area contributed by atoms with Crippen LogP contribution in [0.15, 0.2) is 77.2 Å². The Labute approximate surface area is 176 Å². The average molecular weight is 402 g/mol. The highest BCUT2D eigenvalue weighted by Gasteiger charge is 2.08. The van der Waals surface area contributed by atoms with Gasteiger partial charge >= 0.3 is 0 Å². The number of nitrogens with one attached hydrogen (secondary N) is 2. The Morgan fingerprint density at radius 2 is 1.43 bits per heavy atom. The number of fused-ring (bicyclic) bond motifs is 1. The van der Waals surface area contributed by atoms with Gasteiger partial charge in [0.2, 0.25) is 5.89 Å². The van der Waals surface area contributed by atoms with Gasteiger partial charge in [0.25, 0.3) is 0 Å². The smallest absolute Gasteiger partial charge is 0.227 e. The molecule has 4 aromatic rings. The second-order valence-corrected chi connectivity index (χ2v) is 7.76. The minimum Gasteiger partial charge on any atom is -0.436 e. The number of para-hydroxylation sites is 2. The second-order valence-electron chi connectivity index (χ2n) is 7.76. The summed E-state index contributed by atoms with van der Waals surface area (Å²) in [6, 6.07) is 24.0. The van der Waals surface area contributed by atoms with Gasteiger partial charge in [-0.3, -0.25) is 0 Å². The summed E-state index contributed by atoms with van der Waals surface area (Å²) in [6.07, 6.45) is -0.508. The van der Waals surface area contributed by atoms with Gasteiger partial charge in [-0.05, 0) is 60.0 Å². The monoisotopic (exact) mass is 401 g/mol. The summed E-state index contributed by atoms with van der Waals surface area (Å²) in [7, 11) is 0. The number of hydrogen-bond acceptors (Lipinski definition) is 5. The maximum Gasteiger partial charge on any atom is 0.227 e. The van der Waals surface area contributed by atoms with E-state index in [0.29, 0.717) is 24.9 Å². The molecule has 1 atom stereocenters. The maximum atomic E-state index is 10.3. The van der Waals surface area contributed by atoms with Crippen LogP contribution in [-0.2, 0) is 0 Å². The van der Waals surface area contributed by atoms with Crippen LogP contribution in [0.4, 0.5) is 11.4 Å². The van der Waals surface area contributed by atoms with Gasteiger partial charge in [0.15, 0.2) is 5.58 Å². The highest BCUT2D eigenvalue weighted by Crippen LogP contribution is 2.25. The summed E-state index contributed by atoms with van der Waals surface area (Å²) in [5.41, 5.74) is 5.82. The van der Waals surface area contributed by atoms with Crippen LogP contribution in [-0.4, -0.2) is 29.3 Å². The third-order valence-corrected chi connectivity index (χ3v) is 5.09. The minimum atomic E-state index is -0.508. The van der Waals surface area contributed by atoms with Crippen LogP contribution in [0.3, 0.4) is 0 Å². The number of anilines is 2. The highest BCUT2D eigenvalue weighted by atomic mass is 16.3. The van der Waals surface area contributed by atoms with Crippen molar-refractivity contribution in [3.05, 3.63) is 78.4 Å². The van der Waals surface area contributed by atoms with Crippen molar-refractivity contribution in [2.75, 3.05) is 23.7 Å². The Morgan fingerprint density at radius 3 is 2.03 bits per heavy atom. The first-order valence-corrected chi connectivity index (χ1v) is 10.3. The van der Waals surface area contributed by atoms with Crippen molar-refractivity contribution >= 4 is 22.5 Å². The molecule has 0 amide bonds. The first kappa shape index (κ1) is 20.0. The molecule has 0 aliphatic carbocycles. The number of benzene rings is 3. The van der Waals surface area contributed by atoms with Gasteiger partial charge in [0.05, 0.1) is 6.10 Å². The lowest BCUT2D eigenvalue weighted by Gasteiger charge is -2.15. The molecule has 0 saturated heterocycles. The predicted molar refractivity (Wildman–Crippen MR) is 123 cm³/mol. The third kappa shape index (κ3) is 4.81. The molecule has 30 heavy (non-hydrogen) atoms. The number of hydrogen-bond donors (Lipinski definition) is 3. The molecule has 154 valence electrons. The molecule has 0 spiro atoms. The van der Waals surface area contributed by atoms with E-state index in [1.165, 1.54) is 5.56 Å². The molecule has 5 nitrogen and oxygen atoms in total. The Kier molecular flexibility index (Phi) is 6.00. The highest BCUT2D eigenvalue weighted by molar-refractivity contribution is 5.76. The number of nitrogens with zero attached hydrogens (tertiary/aromatic N) is 1. The first-order chi connectivity index (χ1) is 14.6. The van der Waals surface area contributed by atoms with Gasteiger partial charge in [-0.25, -0.2) is 4.98 Å². The van der Waals surface area contributed by atoms with Crippen LogP contribution in [0.25, 0.3) is 22.6 Å². The summed E-state index contributed by atoms with van der Waals surface area (Å²) in [5.74, 6) is 1.12. The second kappa shape index (κ2) is 9.01. The number of aromatic nitrogens is 1. The molecule has 0 saturated carbocycles. The van der Waals surface area contributed by atoms with Crippen molar-refractivity contribution in [2.24, 2.45) is 0 Å². The molecule has 5 heteroatoms. The molecule has 0 aliphatic rings. The summed E-state index contributed by atoms with van der Waals surface area (Å²) < 4.78 is 5.81.